The van der Waals surface area contributed by atoms with Crippen LogP contribution in [0.25, 0.3) is 5.57 Å². The molecule has 0 amide bonds. The van der Waals surface area contributed by atoms with Gasteiger partial charge in [0.05, 0.1) is 0 Å². The summed E-state index contributed by atoms with van der Waals surface area (Å²) in [6.07, 6.45) is 2.20. The van der Waals surface area contributed by atoms with Gasteiger partial charge in [0.2, 0.25) is 0 Å². The molecule has 1 nitrogen and oxygen atoms in total. The molecule has 0 heterocycles. The molecule has 2 heteroatoms. The quantitative estimate of drug-likeness (QED) is 0.457. The van der Waals surface area contributed by atoms with Crippen molar-refractivity contribution in [2.24, 2.45) is 0 Å². The molecule has 92 valence electrons. The van der Waals surface area contributed by atoms with Crippen LogP contribution >= 0.6 is 11.6 Å². The highest BCUT2D eigenvalue weighted by atomic mass is 35.5. The molecule has 0 radical (unpaired) electrons. The van der Waals surface area contributed by atoms with Crippen molar-refractivity contribution in [2.75, 3.05) is 0 Å². The standard InChI is InChI=1S/C17H11ClO/c18-17-10-8-15(9-11-17)16(12-13-19)7-6-14-4-2-1-3-5-14/h1-5,8-13H/b16-12+. The summed E-state index contributed by atoms with van der Waals surface area (Å²) in [6, 6.07) is 16.9. The van der Waals surface area contributed by atoms with Crippen LogP contribution in [0.5, 0.6) is 0 Å². The number of carbonyl (C=O) groups is 1. The van der Waals surface area contributed by atoms with Gasteiger partial charge in [0.15, 0.2) is 0 Å². The lowest BCUT2D eigenvalue weighted by atomic mass is 10.1. The Hall–Kier alpha value is -2.30. The van der Waals surface area contributed by atoms with Crippen molar-refractivity contribution >= 4 is 23.5 Å². The van der Waals surface area contributed by atoms with Crippen LogP contribution in [0.3, 0.4) is 0 Å². The molecule has 0 atom stereocenters. The monoisotopic (exact) mass is 266 g/mol. The van der Waals surface area contributed by atoms with E-state index in [1.807, 2.05) is 42.5 Å². The fourth-order valence-corrected chi connectivity index (χ4v) is 1.69. The third-order valence-corrected chi connectivity index (χ3v) is 2.76. The summed E-state index contributed by atoms with van der Waals surface area (Å²) < 4.78 is 0. The number of allylic oxidation sites excluding steroid dienone is 2. The lowest BCUT2D eigenvalue weighted by Crippen LogP contribution is -1.82. The van der Waals surface area contributed by atoms with Crippen LogP contribution in [0.1, 0.15) is 11.1 Å². The van der Waals surface area contributed by atoms with E-state index < -0.39 is 0 Å². The first kappa shape index (κ1) is 13.1. The fourth-order valence-electron chi connectivity index (χ4n) is 1.57. The van der Waals surface area contributed by atoms with Gasteiger partial charge in [-0.1, -0.05) is 53.8 Å². The Kier molecular flexibility index (Phi) is 4.55. The Morgan fingerprint density at radius 3 is 2.32 bits per heavy atom. The third kappa shape index (κ3) is 3.84. The molecule has 0 aliphatic carbocycles. The Labute approximate surface area is 117 Å². The van der Waals surface area contributed by atoms with Crippen molar-refractivity contribution in [1.29, 1.82) is 0 Å². The highest BCUT2D eigenvalue weighted by Gasteiger charge is 1.98. The van der Waals surface area contributed by atoms with Gasteiger partial charge in [-0.05, 0) is 35.9 Å². The van der Waals surface area contributed by atoms with Crippen LogP contribution in [0.2, 0.25) is 5.02 Å². The summed E-state index contributed by atoms with van der Waals surface area (Å²) in [4.78, 5) is 10.7. The molecule has 19 heavy (non-hydrogen) atoms. The Balaban J connectivity index is 2.33. The number of aldehydes is 1. The predicted molar refractivity (Wildman–Crippen MR) is 78.8 cm³/mol. The molecule has 2 aromatic carbocycles. The van der Waals surface area contributed by atoms with E-state index in [0.29, 0.717) is 10.6 Å². The van der Waals surface area contributed by atoms with Crippen LogP contribution in [0.4, 0.5) is 0 Å². The van der Waals surface area contributed by atoms with Crippen LogP contribution in [-0.2, 0) is 4.79 Å². The van der Waals surface area contributed by atoms with Crippen molar-refractivity contribution in [3.63, 3.8) is 0 Å². The van der Waals surface area contributed by atoms with Gasteiger partial charge in [-0.2, -0.15) is 0 Å². The van der Waals surface area contributed by atoms with Gasteiger partial charge in [-0.3, -0.25) is 4.79 Å². The Morgan fingerprint density at radius 1 is 1.00 bits per heavy atom. The van der Waals surface area contributed by atoms with Crippen molar-refractivity contribution < 1.29 is 4.79 Å². The number of halogens is 1. The third-order valence-electron chi connectivity index (χ3n) is 2.51. The second-order valence-electron chi connectivity index (χ2n) is 3.84. The highest BCUT2D eigenvalue weighted by molar-refractivity contribution is 6.30. The lowest BCUT2D eigenvalue weighted by Gasteiger charge is -1.99. The second-order valence-corrected chi connectivity index (χ2v) is 4.28. The van der Waals surface area contributed by atoms with Crippen molar-refractivity contribution in [3.8, 4) is 11.8 Å². The summed E-state index contributed by atoms with van der Waals surface area (Å²) in [7, 11) is 0. The van der Waals surface area contributed by atoms with Gasteiger partial charge < -0.3 is 0 Å². The molecule has 0 aliphatic rings. The van der Waals surface area contributed by atoms with Gasteiger partial charge >= 0.3 is 0 Å². The van der Waals surface area contributed by atoms with Crippen LogP contribution in [0, 0.1) is 11.8 Å². The molecule has 0 fully saturated rings. The topological polar surface area (TPSA) is 17.1 Å². The first-order chi connectivity index (χ1) is 9.29. The maximum atomic E-state index is 10.7. The molecule has 2 aromatic rings. The minimum absolute atomic E-state index is 0.658. The first-order valence-corrected chi connectivity index (χ1v) is 6.16. The van der Waals surface area contributed by atoms with Gasteiger partial charge in [0, 0.05) is 16.2 Å². The van der Waals surface area contributed by atoms with E-state index in [9.17, 15) is 4.79 Å². The zero-order valence-electron chi connectivity index (χ0n) is 10.1. The largest absolute Gasteiger partial charge is 0.299 e. The van der Waals surface area contributed by atoms with Gasteiger partial charge in [-0.15, -0.1) is 0 Å². The number of hydrogen-bond donors (Lipinski definition) is 0. The minimum Gasteiger partial charge on any atom is -0.299 e. The summed E-state index contributed by atoms with van der Waals surface area (Å²) in [5, 5.41) is 0.658. The molecule has 0 saturated carbocycles. The molecule has 0 spiro atoms. The first-order valence-electron chi connectivity index (χ1n) is 5.78. The number of benzene rings is 2. The summed E-state index contributed by atoms with van der Waals surface area (Å²) in [6.45, 7) is 0. The average Bonchev–Trinajstić information content (AvgIpc) is 2.46. The van der Waals surface area contributed by atoms with E-state index >= 15 is 0 Å². The summed E-state index contributed by atoms with van der Waals surface area (Å²) in [5.74, 6) is 6.04. The number of carbonyl (C=O) groups excluding carboxylic acids is 1. The number of rotatable bonds is 2. The molecule has 0 N–H and O–H groups in total. The van der Waals surface area contributed by atoms with Crippen LogP contribution in [0.15, 0.2) is 60.7 Å². The van der Waals surface area contributed by atoms with Crippen LogP contribution in [-0.4, -0.2) is 6.29 Å². The molecule has 0 saturated heterocycles. The zero-order chi connectivity index (χ0) is 13.5. The van der Waals surface area contributed by atoms with Gasteiger partial charge in [0.25, 0.3) is 0 Å². The molecule has 0 unspecified atom stereocenters. The van der Waals surface area contributed by atoms with E-state index in [1.165, 1.54) is 6.08 Å². The smallest absolute Gasteiger partial charge is 0.144 e. The fraction of sp³-hybridized carbons (Fsp3) is 0. The molecule has 0 bridgehead atoms. The lowest BCUT2D eigenvalue weighted by molar-refractivity contribution is -0.104. The van der Waals surface area contributed by atoms with Crippen LogP contribution < -0.4 is 0 Å². The predicted octanol–water partition coefficient (Wildman–Crippen LogP) is 3.97. The van der Waals surface area contributed by atoms with Gasteiger partial charge in [0.1, 0.15) is 6.29 Å². The van der Waals surface area contributed by atoms with Crippen molar-refractivity contribution in [1.82, 2.24) is 0 Å². The Bertz CT molecular complexity index is 643. The average molecular weight is 267 g/mol. The Morgan fingerprint density at radius 2 is 1.68 bits per heavy atom. The molecule has 0 aromatic heterocycles. The SMILES string of the molecule is O=C/C=C(\C#Cc1ccccc1)c1ccc(Cl)cc1. The normalized spacial score (nSPS) is 10.5. The maximum Gasteiger partial charge on any atom is 0.144 e. The molecule has 0 aliphatic heterocycles. The molecular weight excluding hydrogens is 256 g/mol. The molecule has 2 rings (SSSR count). The van der Waals surface area contributed by atoms with E-state index in [1.54, 1.807) is 12.1 Å². The van der Waals surface area contributed by atoms with E-state index in [4.69, 9.17) is 11.6 Å². The van der Waals surface area contributed by atoms with Crippen molar-refractivity contribution in [2.45, 2.75) is 0 Å². The van der Waals surface area contributed by atoms with Crippen molar-refractivity contribution in [3.05, 3.63) is 76.8 Å². The minimum atomic E-state index is 0.658. The maximum absolute atomic E-state index is 10.7. The van der Waals surface area contributed by atoms with E-state index in [0.717, 1.165) is 17.4 Å². The summed E-state index contributed by atoms with van der Waals surface area (Å²) >= 11 is 5.84. The molecular formula is C17H11ClO. The second kappa shape index (κ2) is 6.58. The van der Waals surface area contributed by atoms with Gasteiger partial charge in [-0.25, -0.2) is 0 Å². The van der Waals surface area contributed by atoms with E-state index in [2.05, 4.69) is 11.8 Å². The summed E-state index contributed by atoms with van der Waals surface area (Å²) in [5.41, 5.74) is 2.46. The number of hydrogen-bond acceptors (Lipinski definition) is 1. The highest BCUT2D eigenvalue weighted by Crippen LogP contribution is 2.16. The van der Waals surface area contributed by atoms with E-state index in [-0.39, 0.29) is 0 Å². The zero-order valence-corrected chi connectivity index (χ0v) is 10.9.